The Morgan fingerprint density at radius 1 is 1.04 bits per heavy atom. The summed E-state index contributed by atoms with van der Waals surface area (Å²) in [5, 5.41) is 0. The third-order valence-corrected chi connectivity index (χ3v) is 4.35. The van der Waals surface area contributed by atoms with Crippen LogP contribution in [0.1, 0.15) is 23.2 Å². The van der Waals surface area contributed by atoms with Gasteiger partial charge in [0.1, 0.15) is 0 Å². The molecular formula is C20H24N2O2. The van der Waals surface area contributed by atoms with Crippen LogP contribution < -0.4 is 9.80 Å². The van der Waals surface area contributed by atoms with Crippen LogP contribution in [-0.4, -0.2) is 39.3 Å². The topological polar surface area (TPSA) is 32.8 Å². The number of carbonyl (C=O) groups excluding carboxylic acids is 1. The van der Waals surface area contributed by atoms with Crippen LogP contribution in [0.4, 0.5) is 11.4 Å². The Morgan fingerprint density at radius 2 is 1.75 bits per heavy atom. The molecule has 4 nitrogen and oxygen atoms in total. The van der Waals surface area contributed by atoms with Gasteiger partial charge in [-0.25, -0.2) is 0 Å². The Labute approximate surface area is 143 Å². The first-order valence-corrected chi connectivity index (χ1v) is 8.41. The summed E-state index contributed by atoms with van der Waals surface area (Å²) in [6, 6.07) is 17.6. The minimum Gasteiger partial charge on any atom is -0.378 e. The van der Waals surface area contributed by atoms with Crippen molar-refractivity contribution in [3.05, 3.63) is 60.2 Å². The summed E-state index contributed by atoms with van der Waals surface area (Å²) >= 11 is 0. The van der Waals surface area contributed by atoms with Crippen LogP contribution in [0, 0.1) is 0 Å². The lowest BCUT2D eigenvalue weighted by molar-refractivity contribution is 0.0917. The molecule has 0 aliphatic carbocycles. The molecule has 0 radical (unpaired) electrons. The molecule has 1 atom stereocenters. The second kappa shape index (κ2) is 7.49. The molecule has 126 valence electrons. The monoisotopic (exact) mass is 324 g/mol. The molecule has 0 saturated carbocycles. The van der Waals surface area contributed by atoms with Crippen LogP contribution in [0.3, 0.4) is 0 Å². The Bertz CT molecular complexity index is 662. The highest BCUT2D eigenvalue weighted by Crippen LogP contribution is 2.22. The van der Waals surface area contributed by atoms with Gasteiger partial charge in [-0.2, -0.15) is 0 Å². The van der Waals surface area contributed by atoms with Gasteiger partial charge in [-0.3, -0.25) is 4.79 Å². The molecule has 0 N–H and O–H groups in total. The third-order valence-electron chi connectivity index (χ3n) is 4.35. The van der Waals surface area contributed by atoms with Gasteiger partial charge in [0.25, 0.3) is 5.91 Å². The average molecular weight is 324 g/mol. The van der Waals surface area contributed by atoms with E-state index in [4.69, 9.17) is 4.74 Å². The average Bonchev–Trinajstić information content (AvgIpc) is 3.13. The highest BCUT2D eigenvalue weighted by atomic mass is 16.5. The van der Waals surface area contributed by atoms with Crippen molar-refractivity contribution in [2.45, 2.75) is 18.9 Å². The molecule has 1 aliphatic heterocycles. The fraction of sp³-hybridized carbons (Fsp3) is 0.350. The molecule has 1 saturated heterocycles. The molecule has 1 amide bonds. The summed E-state index contributed by atoms with van der Waals surface area (Å²) in [5.74, 6) is 0.0157. The smallest absolute Gasteiger partial charge is 0.258 e. The van der Waals surface area contributed by atoms with E-state index in [9.17, 15) is 4.79 Å². The summed E-state index contributed by atoms with van der Waals surface area (Å²) in [7, 11) is 3.98. The number of rotatable bonds is 5. The maximum absolute atomic E-state index is 13.1. The number of para-hydroxylation sites is 1. The molecule has 1 fully saturated rings. The van der Waals surface area contributed by atoms with Crippen LogP contribution in [-0.2, 0) is 4.74 Å². The van der Waals surface area contributed by atoms with E-state index < -0.39 is 0 Å². The van der Waals surface area contributed by atoms with E-state index in [1.54, 1.807) is 0 Å². The minimum atomic E-state index is 0.0157. The number of ether oxygens (including phenoxy) is 1. The van der Waals surface area contributed by atoms with Crippen molar-refractivity contribution in [2.24, 2.45) is 0 Å². The van der Waals surface area contributed by atoms with E-state index in [-0.39, 0.29) is 12.0 Å². The molecule has 4 heteroatoms. The van der Waals surface area contributed by atoms with Gasteiger partial charge in [0.15, 0.2) is 0 Å². The van der Waals surface area contributed by atoms with Gasteiger partial charge >= 0.3 is 0 Å². The van der Waals surface area contributed by atoms with Gasteiger partial charge in [-0.1, -0.05) is 18.2 Å². The van der Waals surface area contributed by atoms with Crippen molar-refractivity contribution in [1.29, 1.82) is 0 Å². The van der Waals surface area contributed by atoms with Gasteiger partial charge in [0, 0.05) is 37.6 Å². The zero-order valence-electron chi connectivity index (χ0n) is 14.3. The van der Waals surface area contributed by atoms with Crippen molar-refractivity contribution in [1.82, 2.24) is 0 Å². The molecule has 0 bridgehead atoms. The second-order valence-corrected chi connectivity index (χ2v) is 6.33. The number of amides is 1. The number of nitrogens with zero attached hydrogens (tertiary/aromatic N) is 2. The standard InChI is InChI=1S/C20H24N2O2/c1-21(2)17-12-10-16(11-13-17)20(23)22(15-19-9-6-14-24-19)18-7-4-3-5-8-18/h3-5,7-8,10-13,19H,6,9,14-15H2,1-2H3. The van der Waals surface area contributed by atoms with E-state index in [1.165, 1.54) is 0 Å². The number of hydrogen-bond donors (Lipinski definition) is 0. The Morgan fingerprint density at radius 3 is 2.33 bits per heavy atom. The molecule has 0 spiro atoms. The van der Waals surface area contributed by atoms with Gasteiger partial charge < -0.3 is 14.5 Å². The van der Waals surface area contributed by atoms with Gasteiger partial charge in [-0.05, 0) is 49.2 Å². The second-order valence-electron chi connectivity index (χ2n) is 6.33. The maximum Gasteiger partial charge on any atom is 0.258 e. The highest BCUT2D eigenvalue weighted by Gasteiger charge is 2.24. The van der Waals surface area contributed by atoms with Crippen LogP contribution in [0.15, 0.2) is 54.6 Å². The summed E-state index contributed by atoms with van der Waals surface area (Å²) in [6.45, 7) is 1.39. The number of anilines is 2. The van der Waals surface area contributed by atoms with Gasteiger partial charge in [0.2, 0.25) is 0 Å². The van der Waals surface area contributed by atoms with Crippen molar-refractivity contribution in [2.75, 3.05) is 37.0 Å². The zero-order valence-corrected chi connectivity index (χ0v) is 14.3. The fourth-order valence-corrected chi connectivity index (χ4v) is 2.96. The normalized spacial score (nSPS) is 16.8. The summed E-state index contributed by atoms with van der Waals surface area (Å²) in [5.41, 5.74) is 2.69. The predicted molar refractivity (Wildman–Crippen MR) is 97.9 cm³/mol. The number of hydrogen-bond acceptors (Lipinski definition) is 3. The lowest BCUT2D eigenvalue weighted by Crippen LogP contribution is -2.37. The lowest BCUT2D eigenvalue weighted by atomic mass is 10.1. The van der Waals surface area contributed by atoms with E-state index in [0.29, 0.717) is 12.1 Å². The van der Waals surface area contributed by atoms with Crippen LogP contribution in [0.5, 0.6) is 0 Å². The molecule has 0 aromatic heterocycles. The van der Waals surface area contributed by atoms with E-state index >= 15 is 0 Å². The van der Waals surface area contributed by atoms with Crippen LogP contribution >= 0.6 is 0 Å². The highest BCUT2D eigenvalue weighted by molar-refractivity contribution is 6.06. The van der Waals surface area contributed by atoms with E-state index in [0.717, 1.165) is 30.8 Å². The largest absolute Gasteiger partial charge is 0.378 e. The first-order chi connectivity index (χ1) is 11.6. The molecule has 1 heterocycles. The number of benzene rings is 2. The van der Waals surface area contributed by atoms with Gasteiger partial charge in [0.05, 0.1) is 12.6 Å². The van der Waals surface area contributed by atoms with Crippen molar-refractivity contribution < 1.29 is 9.53 Å². The molecule has 2 aromatic rings. The molecule has 1 unspecified atom stereocenters. The third kappa shape index (κ3) is 3.77. The molecule has 3 rings (SSSR count). The summed E-state index contributed by atoms with van der Waals surface area (Å²) in [4.78, 5) is 16.9. The lowest BCUT2D eigenvalue weighted by Gasteiger charge is -2.26. The van der Waals surface area contributed by atoms with Crippen molar-refractivity contribution >= 4 is 17.3 Å². The number of carbonyl (C=O) groups is 1. The SMILES string of the molecule is CN(C)c1ccc(C(=O)N(CC2CCCO2)c2ccccc2)cc1. The minimum absolute atomic E-state index is 0.0157. The predicted octanol–water partition coefficient (Wildman–Crippen LogP) is 3.58. The van der Waals surface area contributed by atoms with E-state index in [2.05, 4.69) is 0 Å². The van der Waals surface area contributed by atoms with E-state index in [1.807, 2.05) is 78.5 Å². The Kier molecular flexibility index (Phi) is 5.16. The zero-order chi connectivity index (χ0) is 16.9. The molecule has 2 aromatic carbocycles. The summed E-state index contributed by atoms with van der Waals surface area (Å²) < 4.78 is 5.74. The van der Waals surface area contributed by atoms with Crippen LogP contribution in [0.25, 0.3) is 0 Å². The quantitative estimate of drug-likeness (QED) is 0.843. The fourth-order valence-electron chi connectivity index (χ4n) is 2.96. The maximum atomic E-state index is 13.1. The summed E-state index contributed by atoms with van der Waals surface area (Å²) in [6.07, 6.45) is 2.20. The van der Waals surface area contributed by atoms with Gasteiger partial charge in [-0.15, -0.1) is 0 Å². The Hall–Kier alpha value is -2.33. The molecule has 1 aliphatic rings. The first kappa shape index (κ1) is 16.5. The first-order valence-electron chi connectivity index (χ1n) is 8.41. The van der Waals surface area contributed by atoms with Crippen molar-refractivity contribution in [3.8, 4) is 0 Å². The van der Waals surface area contributed by atoms with Crippen molar-refractivity contribution in [3.63, 3.8) is 0 Å². The Balaban J connectivity index is 1.84. The van der Waals surface area contributed by atoms with Crippen LogP contribution in [0.2, 0.25) is 0 Å². The molecule has 24 heavy (non-hydrogen) atoms. The molecular weight excluding hydrogens is 300 g/mol.